The smallest absolute Gasteiger partial charge is 0.339 e. The zero-order valence-corrected chi connectivity index (χ0v) is 18.7. The Labute approximate surface area is 195 Å². The minimum absolute atomic E-state index is 0.317. The lowest BCUT2D eigenvalue weighted by Crippen LogP contribution is -2.28. The van der Waals surface area contributed by atoms with Gasteiger partial charge in [0.15, 0.2) is 6.61 Å². The third kappa shape index (κ3) is 4.56. The average molecular weight is 455 g/mol. The number of ether oxygens (including phenoxy) is 1. The Balaban J connectivity index is 1.41. The van der Waals surface area contributed by atoms with Crippen molar-refractivity contribution in [2.24, 2.45) is 0 Å². The molecule has 0 fully saturated rings. The molecule has 1 aliphatic rings. The van der Waals surface area contributed by atoms with Gasteiger partial charge in [0.05, 0.1) is 23.3 Å². The Morgan fingerprint density at radius 3 is 2.64 bits per heavy atom. The summed E-state index contributed by atoms with van der Waals surface area (Å²) in [5, 5.41) is 5.50. The first kappa shape index (κ1) is 21.1. The maximum Gasteiger partial charge on any atom is 0.339 e. The van der Waals surface area contributed by atoms with Crippen LogP contribution in [0.25, 0.3) is 22.6 Å². The van der Waals surface area contributed by atoms with Gasteiger partial charge in [-0.3, -0.25) is 4.79 Å². The lowest BCUT2D eigenvalue weighted by Gasteiger charge is -2.12. The standard InChI is InChI=1S/C27H22N2O3S/c30-24(28-16-20-9-6-14-33-20)17-32-27(31)25-21-10-4-5-11-23(21)29-26-19(12-13-22(25)26)15-18-7-2-1-3-8-18/h1-11,14-15H,12-13,16-17H2,(H,28,30). The summed E-state index contributed by atoms with van der Waals surface area (Å²) in [5.74, 6) is -0.812. The summed E-state index contributed by atoms with van der Waals surface area (Å²) in [7, 11) is 0. The molecule has 5 rings (SSSR count). The molecule has 0 saturated carbocycles. The number of allylic oxidation sites excluding steroid dienone is 1. The number of para-hydroxylation sites is 1. The predicted molar refractivity (Wildman–Crippen MR) is 131 cm³/mol. The molecule has 4 aromatic rings. The highest BCUT2D eigenvalue weighted by Gasteiger charge is 2.27. The molecule has 2 aromatic heterocycles. The second-order valence-corrected chi connectivity index (χ2v) is 8.88. The zero-order chi connectivity index (χ0) is 22.6. The fraction of sp³-hybridized carbons (Fsp3) is 0.148. The van der Waals surface area contributed by atoms with Gasteiger partial charge >= 0.3 is 5.97 Å². The van der Waals surface area contributed by atoms with Crippen LogP contribution < -0.4 is 5.32 Å². The van der Waals surface area contributed by atoms with Gasteiger partial charge in [-0.05, 0) is 53.1 Å². The SMILES string of the molecule is O=C(COC(=O)c1c2c(nc3ccccc13)C(=Cc1ccccc1)CC2)NCc1cccs1. The van der Waals surface area contributed by atoms with E-state index in [0.717, 1.165) is 44.6 Å². The number of nitrogens with zero attached hydrogens (tertiary/aromatic N) is 1. The molecule has 0 unspecified atom stereocenters. The summed E-state index contributed by atoms with van der Waals surface area (Å²) in [6.07, 6.45) is 3.64. The van der Waals surface area contributed by atoms with E-state index in [2.05, 4.69) is 23.5 Å². The van der Waals surface area contributed by atoms with Crippen LogP contribution in [0.2, 0.25) is 0 Å². The molecular weight excluding hydrogens is 432 g/mol. The van der Waals surface area contributed by atoms with Crippen LogP contribution in [0, 0.1) is 0 Å². The highest BCUT2D eigenvalue weighted by molar-refractivity contribution is 7.09. The van der Waals surface area contributed by atoms with Crippen molar-refractivity contribution in [3.8, 4) is 0 Å². The molecule has 0 radical (unpaired) electrons. The number of amides is 1. The summed E-state index contributed by atoms with van der Waals surface area (Å²) in [6.45, 7) is 0.109. The van der Waals surface area contributed by atoms with Crippen molar-refractivity contribution in [1.29, 1.82) is 0 Å². The van der Waals surface area contributed by atoms with Crippen LogP contribution in [0.4, 0.5) is 0 Å². The van der Waals surface area contributed by atoms with E-state index in [4.69, 9.17) is 9.72 Å². The Morgan fingerprint density at radius 1 is 1.00 bits per heavy atom. The molecule has 1 aliphatic carbocycles. The van der Waals surface area contributed by atoms with Gasteiger partial charge in [0.25, 0.3) is 5.91 Å². The van der Waals surface area contributed by atoms with Crippen molar-refractivity contribution < 1.29 is 14.3 Å². The van der Waals surface area contributed by atoms with Crippen LogP contribution in [0.15, 0.2) is 72.1 Å². The number of hydrogen-bond acceptors (Lipinski definition) is 5. The number of pyridine rings is 1. The molecule has 0 bridgehead atoms. The van der Waals surface area contributed by atoms with Crippen LogP contribution in [0.3, 0.4) is 0 Å². The molecule has 6 heteroatoms. The van der Waals surface area contributed by atoms with E-state index in [-0.39, 0.29) is 12.5 Å². The maximum absolute atomic E-state index is 13.2. The molecule has 2 heterocycles. The van der Waals surface area contributed by atoms with Gasteiger partial charge in [0, 0.05) is 10.3 Å². The van der Waals surface area contributed by atoms with Crippen LogP contribution in [-0.4, -0.2) is 23.5 Å². The van der Waals surface area contributed by atoms with Crippen molar-refractivity contribution in [2.75, 3.05) is 6.61 Å². The molecule has 0 aliphatic heterocycles. The Kier molecular flexibility index (Phi) is 6.00. The largest absolute Gasteiger partial charge is 0.452 e. The van der Waals surface area contributed by atoms with Crippen molar-refractivity contribution in [2.45, 2.75) is 19.4 Å². The summed E-state index contributed by atoms with van der Waals surface area (Å²) >= 11 is 1.57. The van der Waals surface area contributed by atoms with E-state index < -0.39 is 5.97 Å². The number of esters is 1. The van der Waals surface area contributed by atoms with Crippen LogP contribution in [-0.2, 0) is 22.5 Å². The number of rotatable bonds is 6. The molecule has 2 aromatic carbocycles. The van der Waals surface area contributed by atoms with Gasteiger partial charge in [0.1, 0.15) is 0 Å². The first-order valence-electron chi connectivity index (χ1n) is 10.8. The van der Waals surface area contributed by atoms with Crippen LogP contribution in [0.5, 0.6) is 0 Å². The summed E-state index contributed by atoms with van der Waals surface area (Å²) in [5.41, 5.74) is 5.18. The van der Waals surface area contributed by atoms with Gasteiger partial charge < -0.3 is 10.1 Å². The Bertz CT molecular complexity index is 1340. The van der Waals surface area contributed by atoms with Crippen molar-refractivity contribution in [3.05, 3.63) is 99.4 Å². The minimum Gasteiger partial charge on any atom is -0.452 e. The van der Waals surface area contributed by atoms with Gasteiger partial charge in [-0.15, -0.1) is 11.3 Å². The number of aromatic nitrogens is 1. The lowest BCUT2D eigenvalue weighted by molar-refractivity contribution is -0.124. The van der Waals surface area contributed by atoms with Gasteiger partial charge in [-0.1, -0.05) is 54.6 Å². The van der Waals surface area contributed by atoms with Gasteiger partial charge in [-0.2, -0.15) is 0 Å². The Morgan fingerprint density at radius 2 is 1.82 bits per heavy atom. The van der Waals surface area contributed by atoms with E-state index in [1.54, 1.807) is 11.3 Å². The fourth-order valence-corrected chi connectivity index (χ4v) is 4.76. The molecule has 0 atom stereocenters. The second kappa shape index (κ2) is 9.38. The molecule has 5 nitrogen and oxygen atoms in total. The van der Waals surface area contributed by atoms with Crippen molar-refractivity contribution in [3.63, 3.8) is 0 Å². The normalized spacial score (nSPS) is 13.8. The average Bonchev–Trinajstić information content (AvgIpc) is 3.51. The predicted octanol–water partition coefficient (Wildman–Crippen LogP) is 5.26. The molecule has 0 saturated heterocycles. The van der Waals surface area contributed by atoms with E-state index >= 15 is 0 Å². The third-order valence-corrected chi connectivity index (χ3v) is 6.54. The Hall–Kier alpha value is -3.77. The minimum atomic E-state index is -0.489. The molecule has 1 N–H and O–H groups in total. The first-order chi connectivity index (χ1) is 16.2. The summed E-state index contributed by atoms with van der Waals surface area (Å²) in [6, 6.07) is 21.6. The van der Waals surface area contributed by atoms with Crippen molar-refractivity contribution in [1.82, 2.24) is 10.3 Å². The van der Waals surface area contributed by atoms with Gasteiger partial charge in [0.2, 0.25) is 0 Å². The maximum atomic E-state index is 13.2. The second-order valence-electron chi connectivity index (χ2n) is 7.84. The topological polar surface area (TPSA) is 68.3 Å². The molecule has 33 heavy (non-hydrogen) atoms. The number of hydrogen-bond donors (Lipinski definition) is 1. The monoisotopic (exact) mass is 454 g/mol. The molecule has 0 spiro atoms. The quantitative estimate of drug-likeness (QED) is 0.404. The number of carbonyl (C=O) groups is 2. The molecule has 1 amide bonds. The van der Waals surface area contributed by atoms with Crippen molar-refractivity contribution >= 4 is 45.8 Å². The number of carbonyl (C=O) groups excluding carboxylic acids is 2. The van der Waals surface area contributed by atoms with E-state index in [1.165, 1.54) is 0 Å². The fourth-order valence-electron chi connectivity index (χ4n) is 4.12. The molecule has 164 valence electrons. The van der Waals surface area contributed by atoms with Crippen LogP contribution in [0.1, 0.15) is 38.5 Å². The summed E-state index contributed by atoms with van der Waals surface area (Å²) < 4.78 is 5.45. The highest BCUT2D eigenvalue weighted by Crippen LogP contribution is 2.37. The number of benzene rings is 2. The van der Waals surface area contributed by atoms with E-state index in [9.17, 15) is 9.59 Å². The van der Waals surface area contributed by atoms with Crippen LogP contribution >= 0.6 is 11.3 Å². The highest BCUT2D eigenvalue weighted by atomic mass is 32.1. The van der Waals surface area contributed by atoms with E-state index in [0.29, 0.717) is 18.5 Å². The number of fused-ring (bicyclic) bond motifs is 2. The third-order valence-electron chi connectivity index (χ3n) is 5.66. The number of nitrogens with one attached hydrogen (secondary N) is 1. The first-order valence-corrected chi connectivity index (χ1v) is 11.7. The van der Waals surface area contributed by atoms with E-state index in [1.807, 2.05) is 60.0 Å². The summed E-state index contributed by atoms with van der Waals surface area (Å²) in [4.78, 5) is 31.3. The lowest BCUT2D eigenvalue weighted by atomic mass is 10.0. The molecular formula is C27H22N2O3S. The zero-order valence-electron chi connectivity index (χ0n) is 17.9. The number of thiophene rings is 1. The van der Waals surface area contributed by atoms with Gasteiger partial charge in [-0.25, -0.2) is 9.78 Å².